The Bertz CT molecular complexity index is 1200. The third kappa shape index (κ3) is 5.57. The van der Waals surface area contributed by atoms with Gasteiger partial charge in [-0.1, -0.05) is 42.5 Å². The quantitative estimate of drug-likeness (QED) is 0.560. The highest BCUT2D eigenvalue weighted by Crippen LogP contribution is 2.32. The summed E-state index contributed by atoms with van der Waals surface area (Å²) in [7, 11) is 0. The number of fused-ring (bicyclic) bond motifs is 1. The van der Waals surface area contributed by atoms with Crippen LogP contribution in [0.4, 0.5) is 18.9 Å². The molecule has 2 amide bonds. The maximum Gasteiger partial charge on any atom is 0.416 e. The minimum absolute atomic E-state index is 0.000483. The molecule has 4 rings (SSSR count). The molecule has 1 aliphatic heterocycles. The number of amides is 2. The van der Waals surface area contributed by atoms with E-state index in [1.165, 1.54) is 11.0 Å². The minimum atomic E-state index is -4.46. The SMILES string of the molecule is CC1Oc2ccc(NC(=O)Cc3ccccc3)cc2CN(Cc2cccc(C(F)(F)F)c2)C1=O. The Labute approximate surface area is 195 Å². The van der Waals surface area contributed by atoms with Crippen molar-refractivity contribution in [2.75, 3.05) is 5.32 Å². The van der Waals surface area contributed by atoms with Crippen LogP contribution >= 0.6 is 0 Å². The van der Waals surface area contributed by atoms with Crippen molar-refractivity contribution in [3.63, 3.8) is 0 Å². The number of nitrogens with one attached hydrogen (secondary N) is 1. The summed E-state index contributed by atoms with van der Waals surface area (Å²) in [6.45, 7) is 1.74. The van der Waals surface area contributed by atoms with Crippen LogP contribution < -0.4 is 10.1 Å². The minimum Gasteiger partial charge on any atom is -0.481 e. The molecule has 0 saturated carbocycles. The van der Waals surface area contributed by atoms with Gasteiger partial charge in [-0.05, 0) is 48.4 Å². The van der Waals surface area contributed by atoms with E-state index in [0.717, 1.165) is 17.7 Å². The van der Waals surface area contributed by atoms with Gasteiger partial charge in [0.15, 0.2) is 6.10 Å². The second-order valence-electron chi connectivity index (χ2n) is 8.19. The molecule has 0 radical (unpaired) electrons. The van der Waals surface area contributed by atoms with Gasteiger partial charge in [0, 0.05) is 24.3 Å². The molecular weight excluding hydrogens is 445 g/mol. The molecule has 0 spiro atoms. The van der Waals surface area contributed by atoms with Crippen LogP contribution in [0.5, 0.6) is 5.75 Å². The first-order valence-corrected chi connectivity index (χ1v) is 10.8. The zero-order valence-corrected chi connectivity index (χ0v) is 18.4. The van der Waals surface area contributed by atoms with Crippen molar-refractivity contribution in [3.8, 4) is 5.75 Å². The molecule has 8 heteroatoms. The van der Waals surface area contributed by atoms with Gasteiger partial charge in [0.1, 0.15) is 5.75 Å². The van der Waals surface area contributed by atoms with E-state index in [-0.39, 0.29) is 31.3 Å². The summed E-state index contributed by atoms with van der Waals surface area (Å²) >= 11 is 0. The van der Waals surface area contributed by atoms with E-state index in [4.69, 9.17) is 4.74 Å². The van der Waals surface area contributed by atoms with Gasteiger partial charge in [-0.2, -0.15) is 13.2 Å². The average Bonchev–Trinajstić information content (AvgIpc) is 2.90. The number of ether oxygens (including phenoxy) is 1. The fourth-order valence-electron chi connectivity index (χ4n) is 3.86. The monoisotopic (exact) mass is 468 g/mol. The van der Waals surface area contributed by atoms with Gasteiger partial charge in [-0.25, -0.2) is 0 Å². The summed E-state index contributed by atoms with van der Waals surface area (Å²) in [5.74, 6) is -0.0253. The van der Waals surface area contributed by atoms with Gasteiger partial charge in [0.2, 0.25) is 5.91 Å². The van der Waals surface area contributed by atoms with E-state index in [2.05, 4.69) is 5.32 Å². The van der Waals surface area contributed by atoms with Crippen LogP contribution in [-0.4, -0.2) is 22.8 Å². The number of carbonyl (C=O) groups excluding carboxylic acids is 2. The molecule has 34 heavy (non-hydrogen) atoms. The van der Waals surface area contributed by atoms with E-state index in [1.54, 1.807) is 31.2 Å². The van der Waals surface area contributed by atoms with Crippen LogP contribution in [0.2, 0.25) is 0 Å². The highest BCUT2D eigenvalue weighted by Gasteiger charge is 2.32. The molecule has 3 aromatic rings. The fraction of sp³-hybridized carbons (Fsp3) is 0.231. The van der Waals surface area contributed by atoms with E-state index in [0.29, 0.717) is 22.6 Å². The molecule has 1 aliphatic rings. The molecular formula is C26H23F3N2O3. The Kier molecular flexibility index (Phi) is 6.58. The first-order chi connectivity index (χ1) is 16.2. The highest BCUT2D eigenvalue weighted by molar-refractivity contribution is 5.92. The average molecular weight is 468 g/mol. The molecule has 0 aliphatic carbocycles. The number of hydrogen-bond donors (Lipinski definition) is 1. The maximum absolute atomic E-state index is 13.1. The number of nitrogens with zero attached hydrogens (tertiary/aromatic N) is 1. The normalized spacial score (nSPS) is 15.8. The zero-order chi connectivity index (χ0) is 24.3. The molecule has 0 aromatic heterocycles. The number of carbonyl (C=O) groups is 2. The lowest BCUT2D eigenvalue weighted by Gasteiger charge is -2.22. The van der Waals surface area contributed by atoms with Crippen LogP contribution in [-0.2, 0) is 35.3 Å². The van der Waals surface area contributed by atoms with Crippen molar-refractivity contribution >= 4 is 17.5 Å². The third-order valence-corrected chi connectivity index (χ3v) is 5.50. The predicted octanol–water partition coefficient (Wildman–Crippen LogP) is 5.20. The van der Waals surface area contributed by atoms with E-state index in [1.807, 2.05) is 30.3 Å². The Hall–Kier alpha value is -3.81. The van der Waals surface area contributed by atoms with Crippen LogP contribution in [0.15, 0.2) is 72.8 Å². The summed E-state index contributed by atoms with van der Waals surface area (Å²) in [4.78, 5) is 26.8. The van der Waals surface area contributed by atoms with Crippen LogP contribution in [0, 0.1) is 0 Å². The van der Waals surface area contributed by atoms with E-state index >= 15 is 0 Å². The fourth-order valence-corrected chi connectivity index (χ4v) is 3.86. The lowest BCUT2D eigenvalue weighted by atomic mass is 10.1. The van der Waals surface area contributed by atoms with Gasteiger partial charge in [-0.3, -0.25) is 9.59 Å². The van der Waals surface area contributed by atoms with Gasteiger partial charge in [0.05, 0.1) is 12.0 Å². The zero-order valence-electron chi connectivity index (χ0n) is 18.4. The van der Waals surface area contributed by atoms with Crippen molar-refractivity contribution in [2.24, 2.45) is 0 Å². The third-order valence-electron chi connectivity index (χ3n) is 5.50. The van der Waals surface area contributed by atoms with Gasteiger partial charge < -0.3 is 15.0 Å². The Morgan fingerprint density at radius 1 is 1.03 bits per heavy atom. The first-order valence-electron chi connectivity index (χ1n) is 10.8. The molecule has 0 fully saturated rings. The van der Waals surface area contributed by atoms with Gasteiger partial charge in [-0.15, -0.1) is 0 Å². The number of rotatable bonds is 5. The smallest absolute Gasteiger partial charge is 0.416 e. The van der Waals surface area contributed by atoms with Crippen molar-refractivity contribution in [3.05, 3.63) is 95.1 Å². The molecule has 1 atom stereocenters. The molecule has 0 saturated heterocycles. The van der Waals surface area contributed by atoms with Crippen LogP contribution in [0.3, 0.4) is 0 Å². The van der Waals surface area contributed by atoms with Crippen molar-refractivity contribution in [1.29, 1.82) is 0 Å². The van der Waals surface area contributed by atoms with Crippen LogP contribution in [0.25, 0.3) is 0 Å². The number of anilines is 1. The lowest BCUT2D eigenvalue weighted by molar-refractivity contribution is -0.138. The van der Waals surface area contributed by atoms with Crippen molar-refractivity contribution in [1.82, 2.24) is 4.90 Å². The second kappa shape index (κ2) is 9.59. The number of alkyl halides is 3. The summed E-state index contributed by atoms with van der Waals surface area (Å²) in [5, 5.41) is 2.85. The molecule has 1 N–H and O–H groups in total. The number of hydrogen-bond acceptors (Lipinski definition) is 3. The highest BCUT2D eigenvalue weighted by atomic mass is 19.4. The topological polar surface area (TPSA) is 58.6 Å². The van der Waals surface area contributed by atoms with Crippen molar-refractivity contribution < 1.29 is 27.5 Å². The summed E-state index contributed by atoms with van der Waals surface area (Å²) < 4.78 is 45.1. The second-order valence-corrected chi connectivity index (χ2v) is 8.19. The standard InChI is InChI=1S/C26H23F3N2O3/c1-17-25(33)31(15-19-8-5-9-21(12-19)26(27,28)29)16-20-14-22(10-11-23(20)34-17)30-24(32)13-18-6-3-2-4-7-18/h2-12,14,17H,13,15-16H2,1H3,(H,30,32). The van der Waals surface area contributed by atoms with E-state index in [9.17, 15) is 22.8 Å². The lowest BCUT2D eigenvalue weighted by Crippen LogP contribution is -2.37. The number of halogens is 3. The molecule has 5 nitrogen and oxygen atoms in total. The largest absolute Gasteiger partial charge is 0.481 e. The number of benzene rings is 3. The molecule has 3 aromatic carbocycles. The van der Waals surface area contributed by atoms with Gasteiger partial charge in [0.25, 0.3) is 5.91 Å². The molecule has 176 valence electrons. The van der Waals surface area contributed by atoms with E-state index < -0.39 is 17.8 Å². The molecule has 1 heterocycles. The van der Waals surface area contributed by atoms with Crippen LogP contribution in [0.1, 0.15) is 29.2 Å². The molecule has 1 unspecified atom stereocenters. The summed E-state index contributed by atoms with van der Waals surface area (Å²) in [5.41, 5.74) is 1.68. The molecule has 0 bridgehead atoms. The summed E-state index contributed by atoms with van der Waals surface area (Å²) in [6.07, 6.45) is -5.05. The Morgan fingerprint density at radius 3 is 2.50 bits per heavy atom. The van der Waals surface area contributed by atoms with Gasteiger partial charge >= 0.3 is 6.18 Å². The predicted molar refractivity (Wildman–Crippen MR) is 121 cm³/mol. The first kappa shape index (κ1) is 23.4. The Morgan fingerprint density at radius 2 is 1.76 bits per heavy atom. The maximum atomic E-state index is 13.1. The summed E-state index contributed by atoms with van der Waals surface area (Å²) in [6, 6.07) is 19.4. The Balaban J connectivity index is 1.53. The van der Waals surface area contributed by atoms with Crippen molar-refractivity contribution in [2.45, 2.75) is 38.7 Å².